The third-order valence-electron chi connectivity index (χ3n) is 1.22. The van der Waals surface area contributed by atoms with E-state index in [4.69, 9.17) is 0 Å². The summed E-state index contributed by atoms with van der Waals surface area (Å²) in [6.07, 6.45) is 0. The van der Waals surface area contributed by atoms with E-state index < -0.39 is 7.25 Å². The van der Waals surface area contributed by atoms with Crippen molar-refractivity contribution in [1.82, 2.24) is 5.10 Å². The average Bonchev–Trinajstić information content (AvgIpc) is 2.25. The van der Waals surface area contributed by atoms with Crippen LogP contribution in [-0.4, -0.2) is 12.4 Å². The molecule has 0 aromatic carbocycles. The summed E-state index contributed by atoms with van der Waals surface area (Å²) < 4.78 is 41.0. The summed E-state index contributed by atoms with van der Waals surface area (Å²) >= 11 is 1.75. The number of halogens is 4. The van der Waals surface area contributed by atoms with Crippen LogP contribution in [0, 0.1) is 13.8 Å². The number of hydrogen-bond acceptors (Lipinski definition) is 2. The second-order valence-electron chi connectivity index (χ2n) is 2.45. The van der Waals surface area contributed by atoms with Gasteiger partial charge in [0.2, 0.25) is 0 Å². The molecule has 0 amide bonds. The quantitative estimate of drug-likeness (QED) is 0.411. The molecule has 0 fully saturated rings. The molecule has 0 aliphatic carbocycles. The van der Waals surface area contributed by atoms with Crippen molar-refractivity contribution in [2.75, 3.05) is 0 Å². The highest BCUT2D eigenvalue weighted by Crippen LogP contribution is 2.06. The molecule has 0 aliphatic heterocycles. The van der Waals surface area contributed by atoms with Crippen molar-refractivity contribution in [2.45, 2.75) is 27.3 Å². The van der Waals surface area contributed by atoms with Crippen LogP contribution >= 0.6 is 11.3 Å². The van der Waals surface area contributed by atoms with Gasteiger partial charge in [-0.05, 0) is 13.8 Å². The zero-order valence-electron chi connectivity index (χ0n) is 8.10. The highest BCUT2D eigenvalue weighted by atomic mass is 32.1. The molecule has 1 heterocycles. The van der Waals surface area contributed by atoms with Crippen LogP contribution in [0.1, 0.15) is 16.9 Å². The maximum absolute atomic E-state index is 9.75. The molecule has 0 atom stereocenters. The number of nitrogens with zero attached hydrogens (tertiary/aromatic N) is 2. The van der Waals surface area contributed by atoms with Gasteiger partial charge < -0.3 is 17.3 Å². The summed E-state index contributed by atoms with van der Waals surface area (Å²) in [6.45, 7) is 7.21. The molecule has 0 saturated heterocycles. The highest BCUT2D eigenvalue weighted by molar-refractivity contribution is 7.10. The van der Waals surface area contributed by atoms with Crippen molar-refractivity contribution >= 4 is 18.6 Å². The number of hydrogen-bond donors (Lipinski definition) is 0. The molecule has 0 unspecified atom stereocenters. The Hall–Kier alpha value is -0.655. The van der Waals surface area contributed by atoms with Crippen LogP contribution < -0.4 is 4.68 Å². The van der Waals surface area contributed by atoms with E-state index in [-0.39, 0.29) is 0 Å². The molecule has 0 N–H and O–H groups in total. The summed E-state index contributed by atoms with van der Waals surface area (Å²) in [4.78, 5) is 0. The molecular weight excluding hydrogens is 219 g/mol. The number of aromatic nitrogens is 2. The lowest BCUT2D eigenvalue weighted by molar-refractivity contribution is -0.751. The smallest absolute Gasteiger partial charge is 0.418 e. The van der Waals surface area contributed by atoms with Gasteiger partial charge in [0.1, 0.15) is 0 Å². The lowest BCUT2D eigenvalue weighted by Crippen LogP contribution is -2.36. The molecule has 82 valence electrons. The average molecular weight is 230 g/mol. The standard InChI is InChI=1S/C6H11N2S.BF4/c1-4-8-6(3)9-5(2)7-8;2-1(3,4)5/h4H2,1-3H3;/q+1;-1. The van der Waals surface area contributed by atoms with Gasteiger partial charge in [0.25, 0.3) is 5.01 Å². The molecular formula is C6H11BF4N2S. The maximum Gasteiger partial charge on any atom is 0.673 e. The summed E-state index contributed by atoms with van der Waals surface area (Å²) in [7, 11) is -6.00. The Kier molecular flexibility index (Phi) is 5.03. The molecule has 0 radical (unpaired) electrons. The molecule has 0 aliphatic rings. The fourth-order valence-electron chi connectivity index (χ4n) is 0.821. The fraction of sp³-hybridized carbons (Fsp3) is 0.667. The van der Waals surface area contributed by atoms with E-state index in [1.54, 1.807) is 11.3 Å². The van der Waals surface area contributed by atoms with E-state index >= 15 is 0 Å². The predicted octanol–water partition coefficient (Wildman–Crippen LogP) is 2.37. The zero-order chi connectivity index (χ0) is 11.4. The maximum atomic E-state index is 9.75. The SMILES string of the molecule is CC[n+]1nc(C)sc1C.F[B-](F)(F)F. The second kappa shape index (κ2) is 5.28. The van der Waals surface area contributed by atoms with Crippen LogP contribution in [0.5, 0.6) is 0 Å². The first-order chi connectivity index (χ1) is 6.24. The first-order valence-corrected chi connectivity index (χ1v) is 4.77. The van der Waals surface area contributed by atoms with E-state index in [0.29, 0.717) is 0 Å². The zero-order valence-corrected chi connectivity index (χ0v) is 8.92. The second-order valence-corrected chi connectivity index (χ2v) is 3.84. The summed E-state index contributed by atoms with van der Waals surface area (Å²) in [6, 6.07) is 0. The van der Waals surface area contributed by atoms with Gasteiger partial charge in [-0.15, -0.1) is 0 Å². The van der Waals surface area contributed by atoms with E-state index in [1.807, 2.05) is 11.6 Å². The molecule has 2 nitrogen and oxygen atoms in total. The minimum absolute atomic E-state index is 0.982. The number of rotatable bonds is 1. The van der Waals surface area contributed by atoms with E-state index in [2.05, 4.69) is 18.9 Å². The molecule has 1 aromatic rings. The van der Waals surface area contributed by atoms with Gasteiger partial charge in [-0.3, -0.25) is 0 Å². The first kappa shape index (κ1) is 13.3. The van der Waals surface area contributed by atoms with Crippen molar-refractivity contribution in [3.05, 3.63) is 10.0 Å². The van der Waals surface area contributed by atoms with Gasteiger partial charge in [0.15, 0.2) is 11.6 Å². The Morgan fingerprint density at radius 3 is 1.86 bits per heavy atom. The summed E-state index contributed by atoms with van der Waals surface area (Å²) in [5.41, 5.74) is 0. The lowest BCUT2D eigenvalue weighted by atomic mass is 10.3. The topological polar surface area (TPSA) is 16.8 Å². The third-order valence-corrected chi connectivity index (χ3v) is 2.10. The van der Waals surface area contributed by atoms with Crippen molar-refractivity contribution < 1.29 is 21.9 Å². The fourth-order valence-corrected chi connectivity index (χ4v) is 1.66. The van der Waals surface area contributed by atoms with Crippen LogP contribution in [0.2, 0.25) is 0 Å². The predicted molar refractivity (Wildman–Crippen MR) is 47.6 cm³/mol. The monoisotopic (exact) mass is 230 g/mol. The summed E-state index contributed by atoms with van der Waals surface area (Å²) in [5.74, 6) is 0. The molecule has 14 heavy (non-hydrogen) atoms. The minimum atomic E-state index is -6.00. The summed E-state index contributed by atoms with van der Waals surface area (Å²) in [5, 5.41) is 6.70. The lowest BCUT2D eigenvalue weighted by Gasteiger charge is -1.94. The van der Waals surface area contributed by atoms with Gasteiger partial charge in [-0.25, -0.2) is 0 Å². The van der Waals surface area contributed by atoms with Crippen molar-refractivity contribution in [3.63, 3.8) is 0 Å². The van der Waals surface area contributed by atoms with Crippen molar-refractivity contribution in [3.8, 4) is 0 Å². The largest absolute Gasteiger partial charge is 0.673 e. The third kappa shape index (κ3) is 6.82. The van der Waals surface area contributed by atoms with Crippen LogP contribution in [0.25, 0.3) is 0 Å². The Balaban J connectivity index is 0.000000292. The van der Waals surface area contributed by atoms with Gasteiger partial charge in [0.05, 0.1) is 0 Å². The van der Waals surface area contributed by atoms with E-state index in [0.717, 1.165) is 11.6 Å². The normalized spacial score (nSPS) is 10.8. The van der Waals surface area contributed by atoms with Crippen LogP contribution in [0.4, 0.5) is 17.3 Å². The van der Waals surface area contributed by atoms with E-state index in [9.17, 15) is 17.3 Å². The van der Waals surface area contributed by atoms with Gasteiger partial charge in [0, 0.05) is 12.0 Å². The van der Waals surface area contributed by atoms with Gasteiger partial charge >= 0.3 is 7.25 Å². The van der Waals surface area contributed by atoms with E-state index in [1.165, 1.54) is 5.01 Å². The van der Waals surface area contributed by atoms with Crippen LogP contribution in [0.15, 0.2) is 0 Å². The van der Waals surface area contributed by atoms with Crippen LogP contribution in [0.3, 0.4) is 0 Å². The molecule has 0 spiro atoms. The molecule has 0 bridgehead atoms. The Morgan fingerprint density at radius 2 is 1.71 bits per heavy atom. The molecule has 1 rings (SSSR count). The Bertz CT molecular complexity index is 280. The molecule has 1 aromatic heterocycles. The molecule has 0 saturated carbocycles. The Morgan fingerprint density at radius 1 is 1.29 bits per heavy atom. The van der Waals surface area contributed by atoms with Crippen molar-refractivity contribution in [2.24, 2.45) is 0 Å². The molecule has 8 heteroatoms. The van der Waals surface area contributed by atoms with Crippen molar-refractivity contribution in [1.29, 1.82) is 0 Å². The van der Waals surface area contributed by atoms with Gasteiger partial charge in [-0.2, -0.15) is 0 Å². The Labute approximate surface area is 83.7 Å². The van der Waals surface area contributed by atoms with Crippen LogP contribution in [-0.2, 0) is 6.54 Å². The first-order valence-electron chi connectivity index (χ1n) is 3.95. The number of aryl methyl sites for hydroxylation is 3. The van der Waals surface area contributed by atoms with Gasteiger partial charge in [-0.1, -0.05) is 16.0 Å². The highest BCUT2D eigenvalue weighted by Gasteiger charge is 2.20. The minimum Gasteiger partial charge on any atom is -0.418 e.